The van der Waals surface area contributed by atoms with Crippen molar-refractivity contribution in [3.8, 4) is 11.3 Å². The molecular weight excluding hydrogens is 324 g/mol. The van der Waals surface area contributed by atoms with Gasteiger partial charge in [-0.05, 0) is 30.5 Å². The molecule has 1 amide bonds. The number of rotatable bonds is 3. The maximum absolute atomic E-state index is 13.0. The van der Waals surface area contributed by atoms with Gasteiger partial charge in [0.25, 0.3) is 5.91 Å². The number of carbonyl (C=O) groups is 1. The molecule has 0 saturated carbocycles. The Bertz CT molecular complexity index is 901. The SMILES string of the molecule is Cn1ccnc1C1CCN(C(=O)c2ccc(-c3ccccc3)n2C)CC1. The van der Waals surface area contributed by atoms with Gasteiger partial charge in [-0.25, -0.2) is 4.98 Å². The summed E-state index contributed by atoms with van der Waals surface area (Å²) in [5, 5.41) is 0. The number of amides is 1. The molecule has 0 radical (unpaired) electrons. The summed E-state index contributed by atoms with van der Waals surface area (Å²) < 4.78 is 4.09. The van der Waals surface area contributed by atoms with Crippen molar-refractivity contribution in [1.82, 2.24) is 19.0 Å². The van der Waals surface area contributed by atoms with Crippen molar-refractivity contribution in [3.63, 3.8) is 0 Å². The largest absolute Gasteiger partial charge is 0.340 e. The molecule has 1 aliphatic heterocycles. The normalized spacial score (nSPS) is 15.4. The van der Waals surface area contributed by atoms with Gasteiger partial charge in [0.05, 0.1) is 0 Å². The molecule has 2 aromatic heterocycles. The lowest BCUT2D eigenvalue weighted by atomic mass is 9.95. The van der Waals surface area contributed by atoms with Crippen molar-refractivity contribution in [2.45, 2.75) is 18.8 Å². The maximum atomic E-state index is 13.0. The molecule has 0 aliphatic carbocycles. The predicted molar refractivity (Wildman–Crippen MR) is 102 cm³/mol. The average Bonchev–Trinajstić information content (AvgIpc) is 3.28. The molecule has 0 N–H and O–H groups in total. The summed E-state index contributed by atoms with van der Waals surface area (Å²) in [5.41, 5.74) is 2.94. The molecule has 1 aliphatic rings. The summed E-state index contributed by atoms with van der Waals surface area (Å²) in [7, 11) is 4.01. The van der Waals surface area contributed by atoms with E-state index in [1.165, 1.54) is 0 Å². The van der Waals surface area contributed by atoms with Crippen molar-refractivity contribution in [2.24, 2.45) is 14.1 Å². The summed E-state index contributed by atoms with van der Waals surface area (Å²) in [6, 6.07) is 14.2. The van der Waals surface area contributed by atoms with Crippen LogP contribution in [-0.4, -0.2) is 38.0 Å². The molecule has 0 spiro atoms. The molecule has 0 bridgehead atoms. The molecule has 1 aromatic carbocycles. The van der Waals surface area contributed by atoms with Crippen LogP contribution in [-0.2, 0) is 14.1 Å². The van der Waals surface area contributed by atoms with Crippen molar-refractivity contribution >= 4 is 5.91 Å². The Hall–Kier alpha value is -2.82. The van der Waals surface area contributed by atoms with Gasteiger partial charge in [-0.1, -0.05) is 30.3 Å². The van der Waals surface area contributed by atoms with Gasteiger partial charge in [0, 0.05) is 51.2 Å². The second-order valence-corrected chi connectivity index (χ2v) is 6.99. The van der Waals surface area contributed by atoms with E-state index in [0.717, 1.165) is 48.7 Å². The highest BCUT2D eigenvalue weighted by molar-refractivity contribution is 5.94. The molecule has 3 heterocycles. The van der Waals surface area contributed by atoms with Crippen LogP contribution in [0.3, 0.4) is 0 Å². The lowest BCUT2D eigenvalue weighted by Gasteiger charge is -2.31. The first-order valence-electron chi connectivity index (χ1n) is 9.13. The molecule has 5 nitrogen and oxygen atoms in total. The maximum Gasteiger partial charge on any atom is 0.270 e. The zero-order chi connectivity index (χ0) is 18.1. The van der Waals surface area contributed by atoms with E-state index in [1.807, 2.05) is 66.3 Å². The van der Waals surface area contributed by atoms with Gasteiger partial charge >= 0.3 is 0 Å². The predicted octanol–water partition coefficient (Wildman–Crippen LogP) is 3.45. The van der Waals surface area contributed by atoms with Gasteiger partial charge in [0.1, 0.15) is 11.5 Å². The van der Waals surface area contributed by atoms with Crippen molar-refractivity contribution in [3.05, 3.63) is 66.4 Å². The van der Waals surface area contributed by atoms with Gasteiger partial charge in [-0.15, -0.1) is 0 Å². The standard InChI is InChI=1S/C21H24N4O/c1-23-15-12-22-20(23)17-10-13-25(14-11-17)21(26)19-9-8-18(24(19)2)16-6-4-3-5-7-16/h3-9,12,15,17H,10-11,13-14H2,1-2H3. The van der Waals surface area contributed by atoms with Crippen LogP contribution >= 0.6 is 0 Å². The highest BCUT2D eigenvalue weighted by Crippen LogP contribution is 2.28. The number of hydrogen-bond donors (Lipinski definition) is 0. The summed E-state index contributed by atoms with van der Waals surface area (Å²) in [6.45, 7) is 1.56. The zero-order valence-corrected chi connectivity index (χ0v) is 15.3. The average molecular weight is 348 g/mol. The molecular formula is C21H24N4O. The zero-order valence-electron chi connectivity index (χ0n) is 15.3. The Morgan fingerprint density at radius 3 is 2.42 bits per heavy atom. The molecule has 0 atom stereocenters. The first-order chi connectivity index (χ1) is 12.6. The Labute approximate surface area is 153 Å². The van der Waals surface area contributed by atoms with Crippen LogP contribution in [0.4, 0.5) is 0 Å². The molecule has 1 saturated heterocycles. The number of imidazole rings is 1. The van der Waals surface area contributed by atoms with Gasteiger partial charge in [0.15, 0.2) is 0 Å². The van der Waals surface area contributed by atoms with Gasteiger partial charge in [-0.2, -0.15) is 0 Å². The van der Waals surface area contributed by atoms with E-state index >= 15 is 0 Å². The Morgan fingerprint density at radius 1 is 1.04 bits per heavy atom. The number of nitrogens with zero attached hydrogens (tertiary/aromatic N) is 4. The van der Waals surface area contributed by atoms with Crippen LogP contribution in [0.25, 0.3) is 11.3 Å². The minimum atomic E-state index is 0.118. The first kappa shape index (κ1) is 16.6. The number of aryl methyl sites for hydroxylation is 1. The van der Waals surface area contributed by atoms with E-state index < -0.39 is 0 Å². The minimum Gasteiger partial charge on any atom is -0.340 e. The number of piperidine rings is 1. The molecule has 3 aromatic rings. The highest BCUT2D eigenvalue weighted by Gasteiger charge is 2.27. The number of hydrogen-bond acceptors (Lipinski definition) is 2. The van der Waals surface area contributed by atoms with Gasteiger partial charge in [0.2, 0.25) is 0 Å². The summed E-state index contributed by atoms with van der Waals surface area (Å²) in [5.74, 6) is 1.68. The lowest BCUT2D eigenvalue weighted by Crippen LogP contribution is -2.39. The summed E-state index contributed by atoms with van der Waals surface area (Å²) in [6.07, 6.45) is 5.77. The summed E-state index contributed by atoms with van der Waals surface area (Å²) in [4.78, 5) is 19.5. The fourth-order valence-corrected chi connectivity index (χ4v) is 3.90. The third-order valence-electron chi connectivity index (χ3n) is 5.42. The van der Waals surface area contributed by atoms with Crippen molar-refractivity contribution < 1.29 is 4.79 Å². The highest BCUT2D eigenvalue weighted by atomic mass is 16.2. The smallest absolute Gasteiger partial charge is 0.270 e. The molecule has 5 heteroatoms. The monoisotopic (exact) mass is 348 g/mol. The molecule has 1 fully saturated rings. The second-order valence-electron chi connectivity index (χ2n) is 6.99. The van der Waals surface area contributed by atoms with E-state index in [9.17, 15) is 4.79 Å². The summed E-state index contributed by atoms with van der Waals surface area (Å²) >= 11 is 0. The number of carbonyl (C=O) groups excluding carboxylic acids is 1. The third kappa shape index (κ3) is 2.94. The molecule has 0 unspecified atom stereocenters. The van der Waals surface area contributed by atoms with Crippen molar-refractivity contribution in [2.75, 3.05) is 13.1 Å². The molecule has 26 heavy (non-hydrogen) atoms. The first-order valence-corrected chi connectivity index (χ1v) is 9.13. The quantitative estimate of drug-likeness (QED) is 0.728. The van der Waals surface area contributed by atoms with Gasteiger partial charge in [-0.3, -0.25) is 4.79 Å². The second kappa shape index (κ2) is 6.83. The van der Waals surface area contributed by atoms with Crippen LogP contribution in [0.1, 0.15) is 35.1 Å². The van der Waals surface area contributed by atoms with Crippen molar-refractivity contribution in [1.29, 1.82) is 0 Å². The third-order valence-corrected chi connectivity index (χ3v) is 5.42. The minimum absolute atomic E-state index is 0.118. The van der Waals surface area contributed by atoms with Crippen LogP contribution in [0, 0.1) is 0 Å². The fourth-order valence-electron chi connectivity index (χ4n) is 3.90. The van der Waals surface area contributed by atoms with E-state index in [4.69, 9.17) is 0 Å². The Morgan fingerprint density at radius 2 is 1.77 bits per heavy atom. The van der Waals surface area contributed by atoms with E-state index in [-0.39, 0.29) is 5.91 Å². The van der Waals surface area contributed by atoms with Gasteiger partial charge < -0.3 is 14.0 Å². The fraction of sp³-hybridized carbons (Fsp3) is 0.333. The van der Waals surface area contributed by atoms with E-state index in [0.29, 0.717) is 5.92 Å². The molecule has 4 rings (SSSR count). The number of likely N-dealkylation sites (tertiary alicyclic amines) is 1. The van der Waals surface area contributed by atoms with E-state index in [2.05, 4.69) is 21.7 Å². The van der Waals surface area contributed by atoms with Crippen LogP contribution < -0.4 is 0 Å². The Balaban J connectivity index is 1.48. The van der Waals surface area contributed by atoms with E-state index in [1.54, 1.807) is 0 Å². The number of benzene rings is 1. The lowest BCUT2D eigenvalue weighted by molar-refractivity contribution is 0.0701. The number of aromatic nitrogens is 3. The Kier molecular flexibility index (Phi) is 4.37. The van der Waals surface area contributed by atoms with Crippen LogP contribution in [0.15, 0.2) is 54.9 Å². The van der Waals surface area contributed by atoms with Crippen LogP contribution in [0.2, 0.25) is 0 Å². The molecule has 134 valence electrons. The topological polar surface area (TPSA) is 43.1 Å². The van der Waals surface area contributed by atoms with Crippen LogP contribution in [0.5, 0.6) is 0 Å².